The fourth-order valence-electron chi connectivity index (χ4n) is 1.14. The fourth-order valence-corrected chi connectivity index (χ4v) is 1.14. The molecule has 0 saturated heterocycles. The summed E-state index contributed by atoms with van der Waals surface area (Å²) in [6.45, 7) is 4.71. The highest BCUT2D eigenvalue weighted by molar-refractivity contribution is 5.61. The minimum absolute atomic E-state index is 0.104. The van der Waals surface area contributed by atoms with Gasteiger partial charge in [0.15, 0.2) is 0 Å². The van der Waals surface area contributed by atoms with Crippen molar-refractivity contribution in [1.82, 2.24) is 4.98 Å². The number of allylic oxidation sites excluding steroid dienone is 1. The lowest BCUT2D eigenvalue weighted by Crippen LogP contribution is -2.10. The van der Waals surface area contributed by atoms with E-state index in [2.05, 4.69) is 11.6 Å². The molecule has 0 bridgehead atoms. The van der Waals surface area contributed by atoms with E-state index < -0.39 is 11.9 Å². The van der Waals surface area contributed by atoms with Gasteiger partial charge < -0.3 is 5.11 Å². The maximum atomic E-state index is 12.3. The molecule has 0 aromatic carbocycles. The predicted molar refractivity (Wildman–Crippen MR) is 49.9 cm³/mol. The first-order chi connectivity index (χ1) is 6.86. The highest BCUT2D eigenvalue weighted by Crippen LogP contribution is 2.29. The molecule has 0 amide bonds. The number of nitrogens with zero attached hydrogens (tertiary/aromatic N) is 1. The Morgan fingerprint density at radius 3 is 2.47 bits per heavy atom. The summed E-state index contributed by atoms with van der Waals surface area (Å²) in [5.41, 5.74) is -0.134. The molecule has 1 aromatic rings. The third-order valence-corrected chi connectivity index (χ3v) is 1.84. The quantitative estimate of drug-likeness (QED) is 0.826. The summed E-state index contributed by atoms with van der Waals surface area (Å²) in [5.74, 6) is 0. The maximum absolute atomic E-state index is 12.3. The number of hydrogen-bond acceptors (Lipinski definition) is 2. The van der Waals surface area contributed by atoms with Crippen molar-refractivity contribution in [3.8, 4) is 0 Å². The Morgan fingerprint density at radius 1 is 1.47 bits per heavy atom. The van der Waals surface area contributed by atoms with Crippen molar-refractivity contribution >= 4 is 5.57 Å². The third-order valence-electron chi connectivity index (χ3n) is 1.84. The van der Waals surface area contributed by atoms with Crippen LogP contribution in [0.5, 0.6) is 0 Å². The molecule has 82 valence electrons. The third kappa shape index (κ3) is 2.56. The number of pyridine rings is 1. The van der Waals surface area contributed by atoms with Gasteiger partial charge in [-0.15, -0.1) is 0 Å². The minimum Gasteiger partial charge on any atom is -0.392 e. The number of aliphatic hydroxyl groups excluding tert-OH is 1. The fraction of sp³-hybridized carbons (Fsp3) is 0.300. The van der Waals surface area contributed by atoms with E-state index in [4.69, 9.17) is 5.11 Å². The number of rotatable bonds is 2. The molecule has 5 heteroatoms. The van der Waals surface area contributed by atoms with Gasteiger partial charge in [-0.2, -0.15) is 13.2 Å². The second kappa shape index (κ2) is 4.02. The van der Waals surface area contributed by atoms with Crippen molar-refractivity contribution in [2.45, 2.75) is 19.7 Å². The maximum Gasteiger partial charge on any atom is 0.433 e. The summed E-state index contributed by atoms with van der Waals surface area (Å²) >= 11 is 0. The number of alkyl halides is 3. The molecule has 1 aromatic heterocycles. The molecule has 0 fully saturated rings. The molecule has 0 atom stereocenters. The van der Waals surface area contributed by atoms with Gasteiger partial charge in [-0.1, -0.05) is 12.6 Å². The number of aromatic nitrogens is 1. The van der Waals surface area contributed by atoms with Crippen LogP contribution < -0.4 is 0 Å². The van der Waals surface area contributed by atoms with Crippen LogP contribution in [0.3, 0.4) is 0 Å². The van der Waals surface area contributed by atoms with Crippen LogP contribution in [0.25, 0.3) is 5.57 Å². The summed E-state index contributed by atoms with van der Waals surface area (Å²) in [6, 6.07) is 2.05. The van der Waals surface area contributed by atoms with E-state index >= 15 is 0 Å². The van der Waals surface area contributed by atoms with Gasteiger partial charge in [0.2, 0.25) is 0 Å². The van der Waals surface area contributed by atoms with Crippen LogP contribution in [0.4, 0.5) is 13.2 Å². The van der Waals surface area contributed by atoms with Crippen molar-refractivity contribution in [3.63, 3.8) is 0 Å². The minimum atomic E-state index is -4.47. The Hall–Kier alpha value is -1.36. The van der Waals surface area contributed by atoms with Gasteiger partial charge in [-0.05, 0) is 18.6 Å². The van der Waals surface area contributed by atoms with Crippen molar-refractivity contribution in [2.24, 2.45) is 0 Å². The Balaban J connectivity index is 3.28. The molecular weight excluding hydrogens is 207 g/mol. The Kier molecular flexibility index (Phi) is 3.14. The molecule has 0 saturated carbocycles. The summed E-state index contributed by atoms with van der Waals surface area (Å²) in [6.07, 6.45) is -4.47. The van der Waals surface area contributed by atoms with Crippen LogP contribution in [0.2, 0.25) is 0 Å². The molecular formula is C10H10F3NO. The van der Waals surface area contributed by atoms with E-state index in [1.807, 2.05) is 0 Å². The first-order valence-electron chi connectivity index (χ1n) is 4.20. The van der Waals surface area contributed by atoms with Gasteiger partial charge in [-0.25, -0.2) is 4.98 Å². The van der Waals surface area contributed by atoms with Crippen LogP contribution >= 0.6 is 0 Å². The van der Waals surface area contributed by atoms with Gasteiger partial charge in [0.05, 0.1) is 12.3 Å². The summed E-state index contributed by atoms with van der Waals surface area (Å²) in [4.78, 5) is 3.43. The van der Waals surface area contributed by atoms with Gasteiger partial charge in [0.1, 0.15) is 5.69 Å². The van der Waals surface area contributed by atoms with Gasteiger partial charge >= 0.3 is 6.18 Å². The number of hydrogen-bond donors (Lipinski definition) is 1. The normalized spacial score (nSPS) is 11.5. The second-order valence-electron chi connectivity index (χ2n) is 3.14. The second-order valence-corrected chi connectivity index (χ2v) is 3.14. The number of halogens is 3. The van der Waals surface area contributed by atoms with Crippen LogP contribution in [-0.2, 0) is 12.8 Å². The van der Waals surface area contributed by atoms with Gasteiger partial charge in [0, 0.05) is 5.56 Å². The summed E-state index contributed by atoms with van der Waals surface area (Å²) < 4.78 is 36.9. The number of aliphatic hydroxyl groups is 1. The van der Waals surface area contributed by atoms with E-state index in [1.54, 1.807) is 6.92 Å². The molecule has 0 aliphatic carbocycles. The Morgan fingerprint density at radius 2 is 2.07 bits per heavy atom. The van der Waals surface area contributed by atoms with Crippen LogP contribution in [0, 0.1) is 0 Å². The highest BCUT2D eigenvalue weighted by atomic mass is 19.4. The van der Waals surface area contributed by atoms with E-state index in [-0.39, 0.29) is 12.3 Å². The van der Waals surface area contributed by atoms with Crippen LogP contribution in [0.1, 0.15) is 23.9 Å². The Bertz CT molecular complexity index is 385. The lowest BCUT2D eigenvalue weighted by Gasteiger charge is -2.10. The molecule has 15 heavy (non-hydrogen) atoms. The van der Waals surface area contributed by atoms with Crippen LogP contribution in [-0.4, -0.2) is 10.1 Å². The summed E-state index contributed by atoms with van der Waals surface area (Å²) in [5, 5.41) is 8.90. The first-order valence-corrected chi connectivity index (χ1v) is 4.20. The molecule has 0 unspecified atom stereocenters. The first kappa shape index (κ1) is 11.7. The molecule has 2 nitrogen and oxygen atoms in total. The Labute approximate surface area is 85.1 Å². The monoisotopic (exact) mass is 217 g/mol. The standard InChI is InChI=1S/C10H10F3NO/c1-6(2)9-7(5-15)3-4-8(14-9)10(11,12)13/h3-4,15H,1,5H2,2H3. The van der Waals surface area contributed by atoms with Crippen molar-refractivity contribution in [2.75, 3.05) is 0 Å². The van der Waals surface area contributed by atoms with Crippen molar-refractivity contribution in [1.29, 1.82) is 0 Å². The average Bonchev–Trinajstić information content (AvgIpc) is 2.15. The molecule has 0 aliphatic rings. The molecule has 1 rings (SSSR count). The van der Waals surface area contributed by atoms with Crippen molar-refractivity contribution < 1.29 is 18.3 Å². The largest absolute Gasteiger partial charge is 0.433 e. The van der Waals surface area contributed by atoms with E-state index in [9.17, 15) is 13.2 Å². The van der Waals surface area contributed by atoms with E-state index in [0.717, 1.165) is 6.07 Å². The van der Waals surface area contributed by atoms with Crippen molar-refractivity contribution in [3.05, 3.63) is 35.7 Å². The lowest BCUT2D eigenvalue weighted by atomic mass is 10.1. The van der Waals surface area contributed by atoms with E-state index in [0.29, 0.717) is 11.1 Å². The zero-order valence-electron chi connectivity index (χ0n) is 8.10. The SMILES string of the molecule is C=C(C)c1nc(C(F)(F)F)ccc1CO. The van der Waals surface area contributed by atoms with Crippen LogP contribution in [0.15, 0.2) is 18.7 Å². The predicted octanol–water partition coefficient (Wildman–Crippen LogP) is 2.63. The topological polar surface area (TPSA) is 33.1 Å². The highest BCUT2D eigenvalue weighted by Gasteiger charge is 2.32. The average molecular weight is 217 g/mol. The summed E-state index contributed by atoms with van der Waals surface area (Å²) in [7, 11) is 0. The molecule has 1 heterocycles. The lowest BCUT2D eigenvalue weighted by molar-refractivity contribution is -0.141. The van der Waals surface area contributed by atoms with Gasteiger partial charge in [-0.3, -0.25) is 0 Å². The molecule has 1 N–H and O–H groups in total. The van der Waals surface area contributed by atoms with E-state index in [1.165, 1.54) is 6.07 Å². The molecule has 0 spiro atoms. The zero-order chi connectivity index (χ0) is 11.6. The smallest absolute Gasteiger partial charge is 0.392 e. The molecule has 0 radical (unpaired) electrons. The molecule has 0 aliphatic heterocycles. The van der Waals surface area contributed by atoms with Gasteiger partial charge in [0.25, 0.3) is 0 Å². The zero-order valence-corrected chi connectivity index (χ0v) is 8.10.